The lowest BCUT2D eigenvalue weighted by Crippen LogP contribution is -2.53. The second-order valence-corrected chi connectivity index (χ2v) is 7.79. The Labute approximate surface area is 180 Å². The maximum absolute atomic E-state index is 14.9. The highest BCUT2D eigenvalue weighted by molar-refractivity contribution is 6.03. The van der Waals surface area contributed by atoms with E-state index in [1.54, 1.807) is 0 Å². The third-order valence-electron chi connectivity index (χ3n) is 5.83. The molecule has 2 aliphatic rings. The molecule has 170 valence electrons. The SMILES string of the molecule is COc1ccc(C(=O)Nc2cc(F)c(F)c([C@]34COC[C@H]3C[C@](F)(CF)C(N)=N4)c2)nc1. The van der Waals surface area contributed by atoms with Crippen molar-refractivity contribution in [1.82, 2.24) is 4.98 Å². The minimum absolute atomic E-state index is 0.0161. The number of aliphatic imine (C=N–C) groups is 1. The first kappa shape index (κ1) is 22.0. The Bertz CT molecular complexity index is 1080. The Morgan fingerprint density at radius 2 is 2.16 bits per heavy atom. The number of anilines is 1. The van der Waals surface area contributed by atoms with E-state index in [2.05, 4.69) is 15.3 Å². The number of ether oxygens (including phenoxy) is 2. The molecule has 1 aromatic heterocycles. The maximum Gasteiger partial charge on any atom is 0.274 e. The first-order chi connectivity index (χ1) is 15.2. The standard InChI is InChI=1S/C21H20F4N4O3/c1-31-13-2-3-16(27-7-13)18(30)28-12-4-14(17(24)15(23)5-12)21-10-32-8-11(21)6-20(25,9-22)19(26)29-21/h2-5,7,11H,6,8-10H2,1H3,(H2,26,29)(H,28,30)/t11-,20+,21+/m1/s1. The molecular weight excluding hydrogens is 432 g/mol. The summed E-state index contributed by atoms with van der Waals surface area (Å²) < 4.78 is 67.8. The number of nitrogens with one attached hydrogen (secondary N) is 1. The van der Waals surface area contributed by atoms with Crippen LogP contribution in [0.15, 0.2) is 35.5 Å². The van der Waals surface area contributed by atoms with Gasteiger partial charge in [-0.2, -0.15) is 0 Å². The average Bonchev–Trinajstić information content (AvgIpc) is 3.19. The molecule has 1 fully saturated rings. The van der Waals surface area contributed by atoms with Gasteiger partial charge < -0.3 is 20.5 Å². The number of fused-ring (bicyclic) bond motifs is 1. The van der Waals surface area contributed by atoms with E-state index in [-0.39, 0.29) is 30.2 Å². The number of hydrogen-bond donors (Lipinski definition) is 2. The zero-order valence-electron chi connectivity index (χ0n) is 17.0. The van der Waals surface area contributed by atoms with Crippen molar-refractivity contribution in [2.45, 2.75) is 17.6 Å². The van der Waals surface area contributed by atoms with Crippen molar-refractivity contribution in [2.75, 3.05) is 32.3 Å². The molecule has 0 aliphatic carbocycles. The summed E-state index contributed by atoms with van der Waals surface area (Å²) in [6.45, 7) is -1.62. The number of nitrogens with two attached hydrogens (primary N) is 1. The predicted octanol–water partition coefficient (Wildman–Crippen LogP) is 2.90. The molecular formula is C21H20F4N4O3. The van der Waals surface area contributed by atoms with Crippen LogP contribution in [-0.2, 0) is 10.3 Å². The Balaban J connectivity index is 1.72. The molecule has 3 atom stereocenters. The van der Waals surface area contributed by atoms with E-state index in [1.165, 1.54) is 31.5 Å². The molecule has 11 heteroatoms. The molecule has 32 heavy (non-hydrogen) atoms. The molecule has 2 aromatic rings. The van der Waals surface area contributed by atoms with Gasteiger partial charge in [-0.3, -0.25) is 9.79 Å². The Kier molecular flexibility index (Phi) is 5.53. The van der Waals surface area contributed by atoms with Crippen LogP contribution in [0.2, 0.25) is 0 Å². The first-order valence-corrected chi connectivity index (χ1v) is 9.72. The van der Waals surface area contributed by atoms with E-state index in [1.807, 2.05) is 0 Å². The number of amides is 1. The monoisotopic (exact) mass is 452 g/mol. The lowest BCUT2D eigenvalue weighted by molar-refractivity contribution is 0.102. The molecule has 0 saturated carbocycles. The van der Waals surface area contributed by atoms with Gasteiger partial charge in [-0.05, 0) is 24.6 Å². The minimum atomic E-state index is -2.50. The third kappa shape index (κ3) is 3.56. The summed E-state index contributed by atoms with van der Waals surface area (Å²) >= 11 is 0. The fourth-order valence-electron chi connectivity index (χ4n) is 4.06. The zero-order chi connectivity index (χ0) is 23.1. The number of pyridine rings is 1. The second-order valence-electron chi connectivity index (χ2n) is 7.79. The van der Waals surface area contributed by atoms with Gasteiger partial charge in [-0.1, -0.05) is 0 Å². The first-order valence-electron chi connectivity index (χ1n) is 9.72. The van der Waals surface area contributed by atoms with E-state index in [0.717, 1.165) is 6.07 Å². The fourth-order valence-corrected chi connectivity index (χ4v) is 4.06. The highest BCUT2D eigenvalue weighted by Crippen LogP contribution is 2.49. The number of nitrogens with zero attached hydrogens (tertiary/aromatic N) is 2. The number of halogens is 4. The summed E-state index contributed by atoms with van der Waals surface area (Å²) in [5.74, 6) is -4.14. The second kappa shape index (κ2) is 8.05. The summed E-state index contributed by atoms with van der Waals surface area (Å²) in [6.07, 6.45) is 0.935. The summed E-state index contributed by atoms with van der Waals surface area (Å²) in [6, 6.07) is 4.92. The van der Waals surface area contributed by atoms with Gasteiger partial charge in [0.15, 0.2) is 17.3 Å². The van der Waals surface area contributed by atoms with Gasteiger partial charge in [0.2, 0.25) is 0 Å². The number of carbonyl (C=O) groups is 1. The maximum atomic E-state index is 14.9. The molecule has 0 unspecified atom stereocenters. The summed E-state index contributed by atoms with van der Waals surface area (Å²) in [5.41, 5.74) is 1.33. The number of methoxy groups -OCH3 is 1. The van der Waals surface area contributed by atoms with Crippen LogP contribution in [0.3, 0.4) is 0 Å². The highest BCUT2D eigenvalue weighted by atomic mass is 19.2. The normalized spacial score (nSPS) is 26.9. The van der Waals surface area contributed by atoms with Gasteiger partial charge >= 0.3 is 0 Å². The highest BCUT2D eigenvalue weighted by Gasteiger charge is 2.56. The van der Waals surface area contributed by atoms with Gasteiger partial charge in [0.1, 0.15) is 29.5 Å². The number of hydrogen-bond acceptors (Lipinski definition) is 6. The average molecular weight is 452 g/mol. The molecule has 3 N–H and O–H groups in total. The largest absolute Gasteiger partial charge is 0.495 e. The number of benzene rings is 1. The zero-order valence-corrected chi connectivity index (χ0v) is 17.0. The van der Waals surface area contributed by atoms with Gasteiger partial charge in [-0.15, -0.1) is 0 Å². The van der Waals surface area contributed by atoms with E-state index < -0.39 is 53.6 Å². The van der Waals surface area contributed by atoms with E-state index >= 15 is 0 Å². The molecule has 2 aliphatic heterocycles. The van der Waals surface area contributed by atoms with Crippen molar-refractivity contribution in [3.05, 3.63) is 53.4 Å². The van der Waals surface area contributed by atoms with Crippen molar-refractivity contribution in [3.63, 3.8) is 0 Å². The van der Waals surface area contributed by atoms with E-state index in [4.69, 9.17) is 15.2 Å². The topological polar surface area (TPSA) is 98.8 Å². The van der Waals surface area contributed by atoms with Crippen LogP contribution in [-0.4, -0.2) is 49.4 Å². The lowest BCUT2D eigenvalue weighted by Gasteiger charge is -2.40. The Hall–Kier alpha value is -3.21. The number of amidine groups is 1. The van der Waals surface area contributed by atoms with Gasteiger partial charge in [-0.25, -0.2) is 22.5 Å². The number of alkyl halides is 2. The van der Waals surface area contributed by atoms with Crippen LogP contribution >= 0.6 is 0 Å². The van der Waals surface area contributed by atoms with Gasteiger partial charge in [0, 0.05) is 23.2 Å². The van der Waals surface area contributed by atoms with Crippen molar-refractivity contribution in [2.24, 2.45) is 16.6 Å². The van der Waals surface area contributed by atoms with Crippen LogP contribution in [0.4, 0.5) is 23.2 Å². The molecule has 1 aromatic carbocycles. The Morgan fingerprint density at radius 3 is 2.81 bits per heavy atom. The van der Waals surface area contributed by atoms with Crippen molar-refractivity contribution < 1.29 is 31.8 Å². The van der Waals surface area contributed by atoms with Crippen LogP contribution < -0.4 is 15.8 Å². The minimum Gasteiger partial charge on any atom is -0.495 e. The molecule has 0 bridgehead atoms. The van der Waals surface area contributed by atoms with Crippen LogP contribution in [0.5, 0.6) is 5.75 Å². The van der Waals surface area contributed by atoms with Crippen molar-refractivity contribution in [1.29, 1.82) is 0 Å². The van der Waals surface area contributed by atoms with Gasteiger partial charge in [0.25, 0.3) is 5.91 Å². The lowest BCUT2D eigenvalue weighted by atomic mass is 9.73. The van der Waals surface area contributed by atoms with Crippen LogP contribution in [0.25, 0.3) is 0 Å². The number of aromatic nitrogens is 1. The Morgan fingerprint density at radius 1 is 1.38 bits per heavy atom. The summed E-state index contributed by atoms with van der Waals surface area (Å²) in [7, 11) is 1.44. The molecule has 1 amide bonds. The molecule has 0 spiro atoms. The van der Waals surface area contributed by atoms with Gasteiger partial charge in [0.05, 0.1) is 26.5 Å². The molecule has 0 radical (unpaired) electrons. The molecule has 4 rings (SSSR count). The van der Waals surface area contributed by atoms with Crippen LogP contribution in [0.1, 0.15) is 22.5 Å². The summed E-state index contributed by atoms with van der Waals surface area (Å²) in [4.78, 5) is 20.5. The van der Waals surface area contributed by atoms with Crippen molar-refractivity contribution >= 4 is 17.4 Å². The van der Waals surface area contributed by atoms with Crippen LogP contribution in [0, 0.1) is 17.6 Å². The molecule has 7 nitrogen and oxygen atoms in total. The smallest absolute Gasteiger partial charge is 0.274 e. The van der Waals surface area contributed by atoms with E-state index in [9.17, 15) is 22.4 Å². The number of rotatable bonds is 5. The van der Waals surface area contributed by atoms with E-state index in [0.29, 0.717) is 5.75 Å². The molecule has 3 heterocycles. The third-order valence-corrected chi connectivity index (χ3v) is 5.83. The number of carbonyl (C=O) groups excluding carboxylic acids is 1. The summed E-state index contributed by atoms with van der Waals surface area (Å²) in [5, 5.41) is 2.45. The quantitative estimate of drug-likeness (QED) is 0.680. The molecule has 1 saturated heterocycles. The predicted molar refractivity (Wildman–Crippen MR) is 107 cm³/mol. The van der Waals surface area contributed by atoms with Crippen molar-refractivity contribution in [3.8, 4) is 5.75 Å². The fraction of sp³-hybridized carbons (Fsp3) is 0.381.